The van der Waals surface area contributed by atoms with Crippen molar-refractivity contribution in [1.82, 2.24) is 14.7 Å². The number of β-amino-alcohol motifs (C(OH)–C–C–N with tert-alkyl or cyclic N) is 1. The summed E-state index contributed by atoms with van der Waals surface area (Å²) in [6.07, 6.45) is 2.27. The van der Waals surface area contributed by atoms with E-state index >= 15 is 0 Å². The van der Waals surface area contributed by atoms with Gasteiger partial charge in [0.2, 0.25) is 17.7 Å². The summed E-state index contributed by atoms with van der Waals surface area (Å²) in [5.74, 6) is -1.20. The van der Waals surface area contributed by atoms with Gasteiger partial charge in [0.05, 0.1) is 12.6 Å². The lowest BCUT2D eigenvalue weighted by Crippen LogP contribution is -2.65. The average Bonchev–Trinajstić information content (AvgIpc) is 3.63. The number of piperazine rings is 1. The van der Waals surface area contributed by atoms with Crippen molar-refractivity contribution < 1.29 is 29.0 Å². The van der Waals surface area contributed by atoms with Crippen molar-refractivity contribution in [1.29, 1.82) is 0 Å². The quantitative estimate of drug-likeness (QED) is 0.587. The molecule has 1 saturated carbocycles. The number of amides is 4. The summed E-state index contributed by atoms with van der Waals surface area (Å²) in [5, 5.41) is 10.3. The zero-order chi connectivity index (χ0) is 25.2. The number of piperidine rings is 1. The van der Waals surface area contributed by atoms with Gasteiger partial charge in [-0.15, -0.1) is 0 Å². The number of hydrogen-bond donors (Lipinski definition) is 2. The molecule has 0 bridgehead atoms. The molecule has 1 aromatic carbocycles. The molecule has 4 rings (SSSR count). The van der Waals surface area contributed by atoms with Gasteiger partial charge in [-0.25, -0.2) is 4.79 Å². The van der Waals surface area contributed by atoms with E-state index in [1.807, 2.05) is 30.3 Å². The standard InChI is InChI=1S/C25H34N4O6/c1-17-23(33)28(12-5-8-21(31)27-13-11-25(9-10-25)20(30)15-27)19(22(26)32)14-29(17)24(34)35-16-18-6-3-2-4-7-18/h2-4,6-7,17,19-20,30H,5,8-16H2,1H3,(H2,26,32)/t17-,19+,20?/m0/s1. The first kappa shape index (κ1) is 25.0. The van der Waals surface area contributed by atoms with E-state index in [-0.39, 0.29) is 37.4 Å². The number of aliphatic hydroxyl groups is 1. The van der Waals surface area contributed by atoms with Crippen LogP contribution < -0.4 is 5.73 Å². The van der Waals surface area contributed by atoms with E-state index < -0.39 is 36.1 Å². The van der Waals surface area contributed by atoms with E-state index in [9.17, 15) is 24.3 Å². The molecule has 3 N–H and O–H groups in total. The minimum Gasteiger partial charge on any atom is -0.445 e. The molecule has 3 fully saturated rings. The Kier molecular flexibility index (Phi) is 7.30. The molecule has 10 nitrogen and oxygen atoms in total. The van der Waals surface area contributed by atoms with Gasteiger partial charge in [-0.1, -0.05) is 30.3 Å². The number of benzene rings is 1. The van der Waals surface area contributed by atoms with Gasteiger partial charge in [0, 0.05) is 26.1 Å². The Morgan fingerprint density at radius 2 is 1.86 bits per heavy atom. The van der Waals surface area contributed by atoms with E-state index in [0.29, 0.717) is 19.5 Å². The van der Waals surface area contributed by atoms with Crippen molar-refractivity contribution >= 4 is 23.8 Å². The molecule has 0 radical (unpaired) electrons. The highest BCUT2D eigenvalue weighted by atomic mass is 16.6. The summed E-state index contributed by atoms with van der Waals surface area (Å²) < 4.78 is 5.35. The van der Waals surface area contributed by atoms with E-state index in [2.05, 4.69) is 0 Å². The zero-order valence-corrected chi connectivity index (χ0v) is 20.1. The molecule has 1 aromatic rings. The molecular formula is C25H34N4O6. The number of hydrogen-bond acceptors (Lipinski definition) is 6. The van der Waals surface area contributed by atoms with E-state index in [0.717, 1.165) is 24.8 Å². The third kappa shape index (κ3) is 5.42. The number of carbonyl (C=O) groups excluding carboxylic acids is 4. The van der Waals surface area contributed by atoms with Crippen LogP contribution in [0.4, 0.5) is 4.79 Å². The highest BCUT2D eigenvalue weighted by molar-refractivity contribution is 5.93. The molecule has 2 aliphatic heterocycles. The van der Waals surface area contributed by atoms with Gasteiger partial charge in [0.1, 0.15) is 18.7 Å². The fourth-order valence-electron chi connectivity index (χ4n) is 5.06. The highest BCUT2D eigenvalue weighted by Gasteiger charge is 2.51. The second kappa shape index (κ2) is 10.2. The van der Waals surface area contributed by atoms with E-state index in [1.165, 1.54) is 9.80 Å². The lowest BCUT2D eigenvalue weighted by molar-refractivity contribution is -0.149. The molecule has 1 aliphatic carbocycles. The van der Waals surface area contributed by atoms with Crippen molar-refractivity contribution in [2.45, 2.75) is 63.8 Å². The van der Waals surface area contributed by atoms with Gasteiger partial charge >= 0.3 is 6.09 Å². The van der Waals surface area contributed by atoms with Crippen molar-refractivity contribution in [3.8, 4) is 0 Å². The van der Waals surface area contributed by atoms with Crippen LogP contribution >= 0.6 is 0 Å². The second-order valence-corrected chi connectivity index (χ2v) is 9.89. The predicted octanol–water partition coefficient (Wildman–Crippen LogP) is 0.863. The number of rotatable bonds is 7. The smallest absolute Gasteiger partial charge is 0.410 e. The topological polar surface area (TPSA) is 133 Å². The van der Waals surface area contributed by atoms with Crippen LogP contribution in [0.15, 0.2) is 30.3 Å². The molecule has 1 unspecified atom stereocenters. The molecule has 2 heterocycles. The molecule has 2 saturated heterocycles. The predicted molar refractivity (Wildman–Crippen MR) is 126 cm³/mol. The van der Waals surface area contributed by atoms with Crippen molar-refractivity contribution in [3.63, 3.8) is 0 Å². The molecule has 35 heavy (non-hydrogen) atoms. The first-order chi connectivity index (χ1) is 16.7. The SMILES string of the molecule is C[C@H]1C(=O)N(CCCC(=O)N2CCC3(CC3)C(O)C2)[C@@H](C(N)=O)CN1C(=O)OCc1ccccc1. The summed E-state index contributed by atoms with van der Waals surface area (Å²) in [6.45, 7) is 2.74. The first-order valence-electron chi connectivity index (χ1n) is 12.2. The number of nitrogens with zero attached hydrogens (tertiary/aromatic N) is 3. The average molecular weight is 487 g/mol. The summed E-state index contributed by atoms with van der Waals surface area (Å²) in [6, 6.07) is 7.35. The monoisotopic (exact) mass is 486 g/mol. The van der Waals surface area contributed by atoms with Crippen LogP contribution in [-0.2, 0) is 25.7 Å². The Morgan fingerprint density at radius 3 is 2.49 bits per heavy atom. The maximum Gasteiger partial charge on any atom is 0.410 e. The van der Waals surface area contributed by atoms with Crippen LogP contribution in [0.1, 0.15) is 44.6 Å². The minimum absolute atomic E-state index is 0.0238. The summed E-state index contributed by atoms with van der Waals surface area (Å²) in [5.41, 5.74) is 6.41. The number of aliphatic hydroxyl groups excluding tert-OH is 1. The van der Waals surface area contributed by atoms with Gasteiger partial charge < -0.3 is 25.4 Å². The largest absolute Gasteiger partial charge is 0.445 e. The molecule has 1 spiro atoms. The number of likely N-dealkylation sites (tertiary alicyclic amines) is 1. The van der Waals surface area contributed by atoms with Crippen LogP contribution in [0.5, 0.6) is 0 Å². The van der Waals surface area contributed by atoms with Crippen molar-refractivity contribution in [2.75, 3.05) is 26.2 Å². The first-order valence-corrected chi connectivity index (χ1v) is 12.2. The van der Waals surface area contributed by atoms with Gasteiger partial charge in [0.25, 0.3) is 0 Å². The van der Waals surface area contributed by atoms with Crippen LogP contribution in [0.3, 0.4) is 0 Å². The van der Waals surface area contributed by atoms with Crippen molar-refractivity contribution in [2.24, 2.45) is 11.1 Å². The Morgan fingerprint density at radius 1 is 1.14 bits per heavy atom. The molecule has 10 heteroatoms. The van der Waals surface area contributed by atoms with Crippen molar-refractivity contribution in [3.05, 3.63) is 35.9 Å². The van der Waals surface area contributed by atoms with Crippen LogP contribution in [0.2, 0.25) is 0 Å². The van der Waals surface area contributed by atoms with Gasteiger partial charge in [-0.05, 0) is 43.6 Å². The number of carbonyl (C=O) groups is 4. The lowest BCUT2D eigenvalue weighted by Gasteiger charge is -2.42. The maximum absolute atomic E-state index is 13.1. The molecule has 4 amide bonds. The summed E-state index contributed by atoms with van der Waals surface area (Å²) in [7, 11) is 0. The Balaban J connectivity index is 1.30. The molecule has 190 valence electrons. The number of primary amides is 1. The molecular weight excluding hydrogens is 452 g/mol. The number of nitrogens with two attached hydrogens (primary N) is 1. The third-order valence-electron chi connectivity index (χ3n) is 7.64. The Labute approximate surface area is 205 Å². The third-order valence-corrected chi connectivity index (χ3v) is 7.64. The Bertz CT molecular complexity index is 966. The van der Waals surface area contributed by atoms with E-state index in [1.54, 1.807) is 11.8 Å². The summed E-state index contributed by atoms with van der Waals surface area (Å²) in [4.78, 5) is 54.8. The molecule has 3 aliphatic rings. The molecule has 0 aromatic heterocycles. The fraction of sp³-hybridized carbons (Fsp3) is 0.600. The molecule has 3 atom stereocenters. The van der Waals surface area contributed by atoms with Gasteiger partial charge in [0.15, 0.2) is 0 Å². The normalized spacial score (nSPS) is 25.5. The van der Waals surface area contributed by atoms with Gasteiger partial charge in [-0.2, -0.15) is 0 Å². The minimum atomic E-state index is -0.996. The maximum atomic E-state index is 13.1. The number of ether oxygens (including phenoxy) is 1. The van der Waals surface area contributed by atoms with Crippen LogP contribution in [0, 0.1) is 5.41 Å². The van der Waals surface area contributed by atoms with Gasteiger partial charge in [-0.3, -0.25) is 19.3 Å². The zero-order valence-electron chi connectivity index (χ0n) is 20.1. The second-order valence-electron chi connectivity index (χ2n) is 9.89. The van der Waals surface area contributed by atoms with Crippen LogP contribution in [0.25, 0.3) is 0 Å². The summed E-state index contributed by atoms with van der Waals surface area (Å²) >= 11 is 0. The lowest BCUT2D eigenvalue weighted by atomic mass is 9.90. The van der Waals surface area contributed by atoms with E-state index in [4.69, 9.17) is 10.5 Å². The Hall–Kier alpha value is -3.14. The fourth-order valence-corrected chi connectivity index (χ4v) is 5.06. The van der Waals surface area contributed by atoms with Crippen LogP contribution in [-0.4, -0.2) is 88.0 Å². The highest BCUT2D eigenvalue weighted by Crippen LogP contribution is 2.53.